The van der Waals surface area contributed by atoms with Gasteiger partial charge in [0.25, 0.3) is 5.91 Å². The number of methoxy groups -OCH3 is 1. The molecule has 4 nitrogen and oxygen atoms in total. The third-order valence-corrected chi connectivity index (χ3v) is 4.13. The lowest BCUT2D eigenvalue weighted by molar-refractivity contribution is -0.141. The summed E-state index contributed by atoms with van der Waals surface area (Å²) in [6.45, 7) is 6.08. The van der Waals surface area contributed by atoms with E-state index in [4.69, 9.17) is 9.47 Å². The number of rotatable bonds is 10. The molecule has 1 unspecified atom stereocenters. The van der Waals surface area contributed by atoms with Crippen LogP contribution in [0.5, 0.6) is 5.75 Å². The molecule has 1 aromatic rings. The molecule has 0 aromatic heterocycles. The first kappa shape index (κ1) is 22.3. The van der Waals surface area contributed by atoms with Gasteiger partial charge in [-0.05, 0) is 38.0 Å². The SMILES string of the molecule is CCCCCC(C)(OCCC)C(=O)Nc1ccc(OC)c(C(F)(F)F)c1. The van der Waals surface area contributed by atoms with Crippen molar-refractivity contribution >= 4 is 11.6 Å². The van der Waals surface area contributed by atoms with Crippen LogP contribution in [0.3, 0.4) is 0 Å². The molecule has 148 valence electrons. The van der Waals surface area contributed by atoms with Crippen molar-refractivity contribution in [2.45, 2.75) is 64.7 Å². The topological polar surface area (TPSA) is 47.6 Å². The van der Waals surface area contributed by atoms with Crippen molar-refractivity contribution < 1.29 is 27.4 Å². The van der Waals surface area contributed by atoms with Crippen LogP contribution >= 0.6 is 0 Å². The fraction of sp³-hybridized carbons (Fsp3) is 0.632. The molecule has 0 spiro atoms. The summed E-state index contributed by atoms with van der Waals surface area (Å²) < 4.78 is 49.9. The Morgan fingerprint density at radius 1 is 1.15 bits per heavy atom. The highest BCUT2D eigenvalue weighted by atomic mass is 19.4. The smallest absolute Gasteiger partial charge is 0.420 e. The third-order valence-electron chi connectivity index (χ3n) is 4.13. The normalized spacial score (nSPS) is 14.0. The number of anilines is 1. The molecule has 0 heterocycles. The third kappa shape index (κ3) is 6.20. The van der Waals surface area contributed by atoms with Crippen LogP contribution in [0.25, 0.3) is 0 Å². The van der Waals surface area contributed by atoms with Gasteiger partial charge in [0.05, 0.1) is 12.7 Å². The van der Waals surface area contributed by atoms with Gasteiger partial charge in [0.15, 0.2) is 0 Å². The van der Waals surface area contributed by atoms with Gasteiger partial charge in [-0.2, -0.15) is 13.2 Å². The Balaban J connectivity index is 3.00. The molecule has 0 saturated carbocycles. The van der Waals surface area contributed by atoms with E-state index in [9.17, 15) is 18.0 Å². The molecule has 1 amide bonds. The Bertz CT molecular complexity index is 590. The maximum absolute atomic E-state index is 13.1. The van der Waals surface area contributed by atoms with Gasteiger partial charge in [-0.15, -0.1) is 0 Å². The molecule has 1 aromatic carbocycles. The number of ether oxygens (including phenoxy) is 2. The van der Waals surface area contributed by atoms with E-state index in [1.165, 1.54) is 19.2 Å². The number of alkyl halides is 3. The zero-order valence-electron chi connectivity index (χ0n) is 15.8. The van der Waals surface area contributed by atoms with Crippen molar-refractivity contribution in [2.24, 2.45) is 0 Å². The van der Waals surface area contributed by atoms with Gasteiger partial charge in [-0.25, -0.2) is 0 Å². The molecule has 0 fully saturated rings. The molecule has 0 aliphatic carbocycles. The lowest BCUT2D eigenvalue weighted by Crippen LogP contribution is -2.43. The summed E-state index contributed by atoms with van der Waals surface area (Å²) in [7, 11) is 1.17. The highest BCUT2D eigenvalue weighted by molar-refractivity contribution is 5.97. The highest BCUT2D eigenvalue weighted by Gasteiger charge is 2.36. The number of hydrogen-bond acceptors (Lipinski definition) is 3. The second-order valence-electron chi connectivity index (χ2n) is 6.40. The molecular weight excluding hydrogens is 347 g/mol. The van der Waals surface area contributed by atoms with Crippen LogP contribution in [-0.2, 0) is 15.7 Å². The Labute approximate surface area is 153 Å². The highest BCUT2D eigenvalue weighted by Crippen LogP contribution is 2.38. The van der Waals surface area contributed by atoms with E-state index in [1.54, 1.807) is 6.92 Å². The van der Waals surface area contributed by atoms with Gasteiger partial charge < -0.3 is 14.8 Å². The second kappa shape index (κ2) is 9.80. The molecule has 0 bridgehead atoms. The van der Waals surface area contributed by atoms with E-state index in [2.05, 4.69) is 12.2 Å². The number of carbonyl (C=O) groups excluding carboxylic acids is 1. The van der Waals surface area contributed by atoms with Crippen LogP contribution in [0.4, 0.5) is 18.9 Å². The van der Waals surface area contributed by atoms with Crippen molar-refractivity contribution in [1.29, 1.82) is 0 Å². The summed E-state index contributed by atoms with van der Waals surface area (Å²) in [4.78, 5) is 12.7. The van der Waals surface area contributed by atoms with Crippen molar-refractivity contribution in [3.63, 3.8) is 0 Å². The number of halogens is 3. The van der Waals surface area contributed by atoms with Crippen molar-refractivity contribution in [1.82, 2.24) is 0 Å². The zero-order valence-corrected chi connectivity index (χ0v) is 15.8. The number of benzene rings is 1. The molecule has 26 heavy (non-hydrogen) atoms. The summed E-state index contributed by atoms with van der Waals surface area (Å²) in [5, 5.41) is 2.56. The van der Waals surface area contributed by atoms with Crippen LogP contribution in [0.2, 0.25) is 0 Å². The standard InChI is InChI=1S/C19H28F3NO3/c1-5-7-8-11-18(3,26-12-6-2)17(24)23-14-9-10-16(25-4)15(13-14)19(20,21)22/h9-10,13H,5-8,11-12H2,1-4H3,(H,23,24). The second-order valence-corrected chi connectivity index (χ2v) is 6.40. The molecule has 0 radical (unpaired) electrons. The average molecular weight is 375 g/mol. The predicted molar refractivity (Wildman–Crippen MR) is 95.4 cm³/mol. The fourth-order valence-electron chi connectivity index (χ4n) is 2.56. The summed E-state index contributed by atoms with van der Waals surface area (Å²) in [6.07, 6.45) is -0.555. The van der Waals surface area contributed by atoms with Gasteiger partial charge in [-0.1, -0.05) is 33.1 Å². The molecule has 0 aliphatic heterocycles. The lowest BCUT2D eigenvalue weighted by atomic mass is 9.96. The maximum Gasteiger partial charge on any atom is 0.420 e. The maximum atomic E-state index is 13.1. The van der Waals surface area contributed by atoms with Crippen LogP contribution in [0, 0.1) is 0 Å². The predicted octanol–water partition coefficient (Wildman–Crippen LogP) is 5.42. The Morgan fingerprint density at radius 3 is 2.38 bits per heavy atom. The van der Waals surface area contributed by atoms with Crippen molar-refractivity contribution in [2.75, 3.05) is 19.0 Å². The van der Waals surface area contributed by atoms with Gasteiger partial charge >= 0.3 is 6.18 Å². The largest absolute Gasteiger partial charge is 0.496 e. The molecule has 7 heteroatoms. The van der Waals surface area contributed by atoms with Crippen LogP contribution < -0.4 is 10.1 Å². The minimum Gasteiger partial charge on any atom is -0.496 e. The summed E-state index contributed by atoms with van der Waals surface area (Å²) in [5.74, 6) is -0.733. The van der Waals surface area contributed by atoms with Crippen molar-refractivity contribution in [3.8, 4) is 5.75 Å². The minimum atomic E-state index is -4.57. The number of hydrogen-bond donors (Lipinski definition) is 1. The summed E-state index contributed by atoms with van der Waals surface area (Å²) in [5.41, 5.74) is -1.95. The number of carbonyl (C=O) groups is 1. The van der Waals surface area contributed by atoms with Crippen molar-refractivity contribution in [3.05, 3.63) is 23.8 Å². The average Bonchev–Trinajstić information content (AvgIpc) is 2.59. The van der Waals surface area contributed by atoms with Gasteiger partial charge in [-0.3, -0.25) is 4.79 Å². The fourth-order valence-corrected chi connectivity index (χ4v) is 2.56. The Morgan fingerprint density at radius 2 is 1.85 bits per heavy atom. The van der Waals surface area contributed by atoms with E-state index in [0.717, 1.165) is 31.7 Å². The van der Waals surface area contributed by atoms with Crippen LogP contribution in [-0.4, -0.2) is 25.2 Å². The number of amides is 1. The Kier molecular flexibility index (Phi) is 8.40. The minimum absolute atomic E-state index is 0.0601. The van der Waals surface area contributed by atoms with E-state index < -0.39 is 23.2 Å². The molecule has 1 rings (SSSR count). The van der Waals surface area contributed by atoms with Crippen LogP contribution in [0.1, 0.15) is 58.4 Å². The molecule has 1 N–H and O–H groups in total. The molecule has 0 aliphatic rings. The zero-order chi connectivity index (χ0) is 19.8. The van der Waals surface area contributed by atoms with Gasteiger partial charge in [0.1, 0.15) is 11.4 Å². The van der Waals surface area contributed by atoms with E-state index in [0.29, 0.717) is 13.0 Å². The summed E-state index contributed by atoms with van der Waals surface area (Å²) >= 11 is 0. The number of nitrogens with one attached hydrogen (secondary N) is 1. The molecular formula is C19H28F3NO3. The van der Waals surface area contributed by atoms with Gasteiger partial charge in [0.2, 0.25) is 0 Å². The van der Waals surface area contributed by atoms with Crippen LogP contribution in [0.15, 0.2) is 18.2 Å². The molecule has 0 saturated heterocycles. The number of unbranched alkanes of at least 4 members (excludes halogenated alkanes) is 2. The quantitative estimate of drug-likeness (QED) is 0.556. The first-order chi connectivity index (χ1) is 12.2. The first-order valence-corrected chi connectivity index (χ1v) is 8.88. The van der Waals surface area contributed by atoms with E-state index >= 15 is 0 Å². The van der Waals surface area contributed by atoms with E-state index in [-0.39, 0.29) is 11.4 Å². The van der Waals surface area contributed by atoms with E-state index in [1.807, 2.05) is 6.92 Å². The van der Waals surface area contributed by atoms with Gasteiger partial charge in [0, 0.05) is 12.3 Å². The lowest BCUT2D eigenvalue weighted by Gasteiger charge is -2.29. The monoisotopic (exact) mass is 375 g/mol. The first-order valence-electron chi connectivity index (χ1n) is 8.88. The summed E-state index contributed by atoms with van der Waals surface area (Å²) in [6, 6.07) is 3.46. The molecule has 1 atom stereocenters. The Hall–Kier alpha value is -1.76.